The van der Waals surface area contributed by atoms with Crippen molar-refractivity contribution in [1.82, 2.24) is 4.98 Å². The Morgan fingerprint density at radius 2 is 1.60 bits per heavy atom. The van der Waals surface area contributed by atoms with Crippen molar-refractivity contribution in [2.45, 2.75) is 0 Å². The number of nitrogens with zero attached hydrogens (tertiary/aromatic N) is 1. The first-order chi connectivity index (χ1) is 12.1. The lowest BCUT2D eigenvalue weighted by atomic mass is 10.2. The minimum atomic E-state index is 0.560. The lowest BCUT2D eigenvalue weighted by molar-refractivity contribution is 0.324. The number of rotatable bonds is 6. The van der Waals surface area contributed by atoms with E-state index in [1.165, 1.54) is 11.3 Å². The van der Waals surface area contributed by atoms with Crippen molar-refractivity contribution in [3.05, 3.63) is 46.3 Å². The molecule has 0 unspecified atom stereocenters. The minimum Gasteiger partial charge on any atom is -0.493 e. The average Bonchev–Trinajstić information content (AvgIpc) is 3.09. The summed E-state index contributed by atoms with van der Waals surface area (Å²) >= 11 is 4.98. The monoisotopic (exact) mass is 420 g/mol. The molecule has 130 valence electrons. The smallest absolute Gasteiger partial charge is 0.203 e. The number of halogens is 1. The standard InChI is InChI=1S/C18H17BrN2O3S/c1-22-15-8-13(9-16(23-2)17(15)24-3)20-18-21-14(10-25-18)11-4-6-12(19)7-5-11/h4-10H,1-3H3,(H,20,21). The van der Waals surface area contributed by atoms with Gasteiger partial charge in [0.1, 0.15) is 0 Å². The van der Waals surface area contributed by atoms with Crippen LogP contribution in [-0.4, -0.2) is 26.3 Å². The van der Waals surface area contributed by atoms with Crippen LogP contribution in [0.1, 0.15) is 0 Å². The first-order valence-electron chi connectivity index (χ1n) is 7.43. The van der Waals surface area contributed by atoms with Crippen molar-refractivity contribution in [2.24, 2.45) is 0 Å². The molecule has 2 aromatic carbocycles. The highest BCUT2D eigenvalue weighted by molar-refractivity contribution is 9.10. The van der Waals surface area contributed by atoms with Gasteiger partial charge in [-0.15, -0.1) is 11.3 Å². The van der Waals surface area contributed by atoms with Gasteiger partial charge in [0, 0.05) is 33.2 Å². The molecule has 0 bridgehead atoms. The summed E-state index contributed by atoms with van der Waals surface area (Å²) < 4.78 is 17.1. The summed E-state index contributed by atoms with van der Waals surface area (Å²) in [5, 5.41) is 6.09. The zero-order valence-electron chi connectivity index (χ0n) is 14.0. The molecule has 0 radical (unpaired) electrons. The van der Waals surface area contributed by atoms with Gasteiger partial charge in [-0.05, 0) is 12.1 Å². The van der Waals surface area contributed by atoms with Gasteiger partial charge in [-0.3, -0.25) is 0 Å². The number of methoxy groups -OCH3 is 3. The first kappa shape index (κ1) is 17.6. The molecule has 0 saturated heterocycles. The Labute approximate surface area is 158 Å². The summed E-state index contributed by atoms with van der Waals surface area (Å²) in [6, 6.07) is 11.8. The third-order valence-corrected chi connectivity index (χ3v) is 4.85. The van der Waals surface area contributed by atoms with Crippen LogP contribution in [0.3, 0.4) is 0 Å². The van der Waals surface area contributed by atoms with Crippen molar-refractivity contribution < 1.29 is 14.2 Å². The van der Waals surface area contributed by atoms with Crippen LogP contribution < -0.4 is 19.5 Å². The molecule has 1 heterocycles. The Kier molecular flexibility index (Phi) is 5.45. The van der Waals surface area contributed by atoms with E-state index in [4.69, 9.17) is 14.2 Å². The molecule has 25 heavy (non-hydrogen) atoms. The molecule has 1 N–H and O–H groups in total. The van der Waals surface area contributed by atoms with Crippen molar-refractivity contribution in [2.75, 3.05) is 26.6 Å². The molecule has 7 heteroatoms. The Morgan fingerprint density at radius 1 is 0.960 bits per heavy atom. The highest BCUT2D eigenvalue weighted by atomic mass is 79.9. The molecule has 0 aliphatic rings. The fraction of sp³-hybridized carbons (Fsp3) is 0.167. The highest BCUT2D eigenvalue weighted by Crippen LogP contribution is 2.41. The lowest BCUT2D eigenvalue weighted by Gasteiger charge is -2.14. The maximum Gasteiger partial charge on any atom is 0.203 e. The number of nitrogens with one attached hydrogen (secondary N) is 1. The van der Waals surface area contributed by atoms with Crippen LogP contribution in [0, 0.1) is 0 Å². The van der Waals surface area contributed by atoms with Crippen LogP contribution in [0.4, 0.5) is 10.8 Å². The topological polar surface area (TPSA) is 52.6 Å². The van der Waals surface area contributed by atoms with Gasteiger partial charge in [0.05, 0.1) is 27.0 Å². The van der Waals surface area contributed by atoms with Gasteiger partial charge >= 0.3 is 0 Å². The lowest BCUT2D eigenvalue weighted by Crippen LogP contribution is -1.97. The van der Waals surface area contributed by atoms with E-state index in [1.54, 1.807) is 21.3 Å². The Balaban J connectivity index is 1.86. The summed E-state index contributed by atoms with van der Waals surface area (Å²) in [7, 11) is 4.77. The predicted octanol–water partition coefficient (Wildman–Crippen LogP) is 5.34. The van der Waals surface area contributed by atoms with Gasteiger partial charge in [0.25, 0.3) is 0 Å². The summed E-state index contributed by atoms with van der Waals surface area (Å²) in [6.07, 6.45) is 0. The third-order valence-electron chi connectivity index (χ3n) is 3.56. The molecule has 0 spiro atoms. The van der Waals surface area contributed by atoms with Crippen LogP contribution in [0.2, 0.25) is 0 Å². The molecule has 0 amide bonds. The van der Waals surface area contributed by atoms with Crippen molar-refractivity contribution in [3.63, 3.8) is 0 Å². The third kappa shape index (κ3) is 3.88. The first-order valence-corrected chi connectivity index (χ1v) is 9.10. The van der Waals surface area contributed by atoms with Crippen LogP contribution in [0.25, 0.3) is 11.3 Å². The molecule has 0 aliphatic heterocycles. The molecule has 3 aromatic rings. The number of thiazole rings is 1. The van der Waals surface area contributed by atoms with E-state index < -0.39 is 0 Å². The van der Waals surface area contributed by atoms with Crippen molar-refractivity contribution in [1.29, 1.82) is 0 Å². The molecule has 5 nitrogen and oxygen atoms in total. The molecule has 0 aliphatic carbocycles. The number of anilines is 2. The Bertz CT molecular complexity index is 840. The van der Waals surface area contributed by atoms with E-state index >= 15 is 0 Å². The van der Waals surface area contributed by atoms with Gasteiger partial charge < -0.3 is 19.5 Å². The van der Waals surface area contributed by atoms with Crippen LogP contribution >= 0.6 is 27.3 Å². The molecular formula is C18H17BrN2O3S. The van der Waals surface area contributed by atoms with Gasteiger partial charge in [-0.2, -0.15) is 0 Å². The van der Waals surface area contributed by atoms with Gasteiger partial charge in [-0.25, -0.2) is 4.98 Å². The normalized spacial score (nSPS) is 10.4. The molecule has 0 atom stereocenters. The van der Waals surface area contributed by atoms with E-state index in [9.17, 15) is 0 Å². The van der Waals surface area contributed by atoms with Crippen molar-refractivity contribution >= 4 is 38.1 Å². The number of hydrogen-bond donors (Lipinski definition) is 1. The Hall–Kier alpha value is -2.25. The van der Waals surface area contributed by atoms with E-state index in [0.717, 1.165) is 26.5 Å². The second kappa shape index (κ2) is 7.76. The van der Waals surface area contributed by atoms with E-state index in [0.29, 0.717) is 17.2 Å². The number of hydrogen-bond acceptors (Lipinski definition) is 6. The van der Waals surface area contributed by atoms with Gasteiger partial charge in [0.2, 0.25) is 5.75 Å². The summed E-state index contributed by atoms with van der Waals surface area (Å²) in [6.45, 7) is 0. The quantitative estimate of drug-likeness (QED) is 0.582. The predicted molar refractivity (Wildman–Crippen MR) is 105 cm³/mol. The maximum absolute atomic E-state index is 5.38. The zero-order chi connectivity index (χ0) is 17.8. The van der Waals surface area contributed by atoms with Crippen LogP contribution in [0.5, 0.6) is 17.2 Å². The second-order valence-corrected chi connectivity index (χ2v) is 6.86. The molecule has 0 fully saturated rings. The van der Waals surface area contributed by atoms with E-state index in [2.05, 4.69) is 26.2 Å². The van der Waals surface area contributed by atoms with Gasteiger partial charge in [0.15, 0.2) is 16.6 Å². The fourth-order valence-corrected chi connectivity index (χ4v) is 3.37. The van der Waals surface area contributed by atoms with E-state index in [-0.39, 0.29) is 0 Å². The largest absolute Gasteiger partial charge is 0.493 e. The van der Waals surface area contributed by atoms with E-state index in [1.807, 2.05) is 41.8 Å². The van der Waals surface area contributed by atoms with Gasteiger partial charge in [-0.1, -0.05) is 28.1 Å². The molecule has 3 rings (SSSR count). The van der Waals surface area contributed by atoms with Crippen LogP contribution in [-0.2, 0) is 0 Å². The number of ether oxygens (including phenoxy) is 3. The molecular weight excluding hydrogens is 404 g/mol. The molecule has 1 aromatic heterocycles. The average molecular weight is 421 g/mol. The zero-order valence-corrected chi connectivity index (χ0v) is 16.4. The summed E-state index contributed by atoms with van der Waals surface area (Å²) in [5.74, 6) is 1.74. The fourth-order valence-electron chi connectivity index (χ4n) is 2.36. The maximum atomic E-state index is 5.38. The summed E-state index contributed by atoms with van der Waals surface area (Å²) in [5.41, 5.74) is 2.80. The van der Waals surface area contributed by atoms with Crippen LogP contribution in [0.15, 0.2) is 46.3 Å². The number of aromatic nitrogens is 1. The summed E-state index contributed by atoms with van der Waals surface area (Å²) in [4.78, 5) is 4.64. The Morgan fingerprint density at radius 3 is 2.16 bits per heavy atom. The number of benzene rings is 2. The SMILES string of the molecule is COc1cc(Nc2nc(-c3ccc(Br)cc3)cs2)cc(OC)c1OC. The highest BCUT2D eigenvalue weighted by Gasteiger charge is 2.14. The minimum absolute atomic E-state index is 0.560. The molecule has 0 saturated carbocycles. The second-order valence-electron chi connectivity index (χ2n) is 5.08. The van der Waals surface area contributed by atoms with Crippen molar-refractivity contribution in [3.8, 4) is 28.5 Å².